The normalized spacial score (nSPS) is 12.2. The fourth-order valence-corrected chi connectivity index (χ4v) is 2.60. The number of hydrogen-bond donors (Lipinski definition) is 2. The number of rotatable bonds is 4. The molecule has 7 heteroatoms. The Bertz CT molecular complexity index is 615. The van der Waals surface area contributed by atoms with Crippen molar-refractivity contribution in [1.29, 1.82) is 0 Å². The number of nitrogens with zero attached hydrogens (tertiary/aromatic N) is 1. The molecule has 0 spiro atoms. The Morgan fingerprint density at radius 2 is 2.32 bits per heavy atom. The van der Waals surface area contributed by atoms with E-state index in [4.69, 9.17) is 27.2 Å². The Labute approximate surface area is 118 Å². The van der Waals surface area contributed by atoms with Crippen LogP contribution in [0.1, 0.15) is 11.7 Å². The van der Waals surface area contributed by atoms with Crippen molar-refractivity contribution in [2.75, 3.05) is 7.11 Å². The van der Waals surface area contributed by atoms with Crippen LogP contribution in [-0.4, -0.2) is 23.2 Å². The highest BCUT2D eigenvalue weighted by Gasteiger charge is 2.18. The van der Waals surface area contributed by atoms with E-state index >= 15 is 0 Å². The number of aliphatic carboxylic acids is 1. The van der Waals surface area contributed by atoms with Gasteiger partial charge in [0.15, 0.2) is 0 Å². The molecular weight excluding hydrogens is 288 g/mol. The molecule has 3 N–H and O–H groups in total. The molecule has 0 fully saturated rings. The highest BCUT2D eigenvalue weighted by atomic mass is 35.5. The van der Waals surface area contributed by atoms with E-state index in [1.807, 2.05) is 0 Å². The highest BCUT2D eigenvalue weighted by molar-refractivity contribution is 7.13. The van der Waals surface area contributed by atoms with E-state index in [2.05, 4.69) is 4.98 Å². The fourth-order valence-electron chi connectivity index (χ4n) is 1.49. The number of carboxylic acids is 1. The van der Waals surface area contributed by atoms with Crippen molar-refractivity contribution >= 4 is 28.9 Å². The molecule has 0 saturated carbocycles. The molecule has 2 aromatic rings. The topological polar surface area (TPSA) is 85.4 Å². The summed E-state index contributed by atoms with van der Waals surface area (Å²) < 4.78 is 5.06. The van der Waals surface area contributed by atoms with Crippen molar-refractivity contribution in [3.05, 3.63) is 34.3 Å². The number of carbonyl (C=O) groups is 1. The lowest BCUT2D eigenvalue weighted by Crippen LogP contribution is -2.20. The first-order valence-electron chi connectivity index (χ1n) is 5.30. The smallest absolute Gasteiger partial charge is 0.326 e. The van der Waals surface area contributed by atoms with Crippen LogP contribution in [-0.2, 0) is 4.79 Å². The van der Waals surface area contributed by atoms with Crippen molar-refractivity contribution in [2.45, 2.75) is 6.04 Å². The van der Waals surface area contributed by atoms with E-state index in [1.165, 1.54) is 18.4 Å². The zero-order chi connectivity index (χ0) is 14.0. The molecule has 1 unspecified atom stereocenters. The summed E-state index contributed by atoms with van der Waals surface area (Å²) in [6, 6.07) is 4.14. The summed E-state index contributed by atoms with van der Waals surface area (Å²) in [5.41, 5.74) is 6.63. The summed E-state index contributed by atoms with van der Waals surface area (Å²) in [5.74, 6) is -0.533. The van der Waals surface area contributed by atoms with Crippen LogP contribution in [0.25, 0.3) is 10.6 Å². The molecule has 0 aliphatic carbocycles. The molecule has 1 aromatic heterocycles. The molecule has 19 heavy (non-hydrogen) atoms. The Hall–Kier alpha value is -1.63. The van der Waals surface area contributed by atoms with Gasteiger partial charge in [0, 0.05) is 10.9 Å². The van der Waals surface area contributed by atoms with Gasteiger partial charge in [-0.3, -0.25) is 4.79 Å². The van der Waals surface area contributed by atoms with E-state index < -0.39 is 12.0 Å². The van der Waals surface area contributed by atoms with E-state index in [0.29, 0.717) is 21.5 Å². The molecule has 0 amide bonds. The van der Waals surface area contributed by atoms with Crippen LogP contribution < -0.4 is 10.5 Å². The standard InChI is InChI=1S/C12H11ClN2O3S/c1-18-9-3-2-6(4-7(9)13)11-15-8(5-19-11)10(14)12(16)17/h2-5,10H,14H2,1H3,(H,16,17). The van der Waals surface area contributed by atoms with E-state index in [-0.39, 0.29) is 0 Å². The predicted octanol–water partition coefficient (Wildman–Crippen LogP) is 2.56. The molecule has 100 valence electrons. The third-order valence-corrected chi connectivity index (χ3v) is 3.71. The minimum Gasteiger partial charge on any atom is -0.495 e. The molecule has 1 heterocycles. The van der Waals surface area contributed by atoms with Crippen LogP contribution in [0.2, 0.25) is 5.02 Å². The van der Waals surface area contributed by atoms with Gasteiger partial charge in [-0.05, 0) is 18.2 Å². The number of halogens is 1. The second-order valence-corrected chi connectivity index (χ2v) is 5.01. The molecule has 2 rings (SSSR count). The third kappa shape index (κ3) is 2.86. The Kier molecular flexibility index (Phi) is 4.04. The molecule has 0 aliphatic heterocycles. The zero-order valence-corrected chi connectivity index (χ0v) is 11.5. The average Bonchev–Trinajstić information content (AvgIpc) is 2.87. The number of aromatic nitrogens is 1. The molecule has 5 nitrogen and oxygen atoms in total. The van der Waals surface area contributed by atoms with Crippen LogP contribution in [0, 0.1) is 0 Å². The van der Waals surface area contributed by atoms with Crippen molar-refractivity contribution in [3.63, 3.8) is 0 Å². The van der Waals surface area contributed by atoms with Gasteiger partial charge in [-0.15, -0.1) is 11.3 Å². The lowest BCUT2D eigenvalue weighted by molar-refractivity contribution is -0.138. The number of hydrogen-bond acceptors (Lipinski definition) is 5. The van der Waals surface area contributed by atoms with Gasteiger partial charge in [0.25, 0.3) is 0 Å². The van der Waals surface area contributed by atoms with Crippen LogP contribution in [0.15, 0.2) is 23.6 Å². The summed E-state index contributed by atoms with van der Waals surface area (Å²) >= 11 is 7.35. The molecular formula is C12H11ClN2O3S. The van der Waals surface area contributed by atoms with Gasteiger partial charge in [-0.1, -0.05) is 11.6 Å². The van der Waals surface area contributed by atoms with Gasteiger partial charge in [0.1, 0.15) is 16.8 Å². The molecule has 0 aliphatic rings. The van der Waals surface area contributed by atoms with Crippen molar-refractivity contribution in [2.24, 2.45) is 5.73 Å². The number of thiazole rings is 1. The minimum atomic E-state index is -1.11. The number of nitrogens with two attached hydrogens (primary N) is 1. The van der Waals surface area contributed by atoms with E-state index in [1.54, 1.807) is 23.6 Å². The van der Waals surface area contributed by atoms with E-state index in [9.17, 15) is 4.79 Å². The summed E-state index contributed by atoms with van der Waals surface area (Å²) in [7, 11) is 1.54. The zero-order valence-electron chi connectivity index (χ0n) is 9.96. The number of methoxy groups -OCH3 is 1. The minimum absolute atomic E-state index is 0.333. The summed E-state index contributed by atoms with van der Waals surface area (Å²) in [6.07, 6.45) is 0. The first-order chi connectivity index (χ1) is 9.02. The van der Waals surface area contributed by atoms with Gasteiger partial charge in [-0.25, -0.2) is 4.98 Å². The Morgan fingerprint density at radius 3 is 2.89 bits per heavy atom. The lowest BCUT2D eigenvalue weighted by atomic mass is 10.2. The summed E-state index contributed by atoms with van der Waals surface area (Å²) in [5, 5.41) is 11.6. The summed E-state index contributed by atoms with van der Waals surface area (Å²) in [4.78, 5) is 15.0. The largest absolute Gasteiger partial charge is 0.495 e. The maximum atomic E-state index is 10.8. The predicted molar refractivity (Wildman–Crippen MR) is 73.7 cm³/mol. The lowest BCUT2D eigenvalue weighted by Gasteiger charge is -2.04. The van der Waals surface area contributed by atoms with Crippen LogP contribution in [0.3, 0.4) is 0 Å². The number of benzene rings is 1. The molecule has 0 bridgehead atoms. The highest BCUT2D eigenvalue weighted by Crippen LogP contribution is 2.32. The Balaban J connectivity index is 2.33. The average molecular weight is 299 g/mol. The maximum absolute atomic E-state index is 10.8. The van der Waals surface area contributed by atoms with Crippen LogP contribution in [0.4, 0.5) is 0 Å². The first-order valence-corrected chi connectivity index (χ1v) is 6.56. The second-order valence-electron chi connectivity index (χ2n) is 3.74. The van der Waals surface area contributed by atoms with Crippen molar-refractivity contribution in [1.82, 2.24) is 4.98 Å². The molecule has 1 atom stereocenters. The van der Waals surface area contributed by atoms with Gasteiger partial charge in [0.2, 0.25) is 0 Å². The van der Waals surface area contributed by atoms with Crippen molar-refractivity contribution in [3.8, 4) is 16.3 Å². The van der Waals surface area contributed by atoms with Gasteiger partial charge < -0.3 is 15.6 Å². The van der Waals surface area contributed by atoms with Crippen LogP contribution >= 0.6 is 22.9 Å². The maximum Gasteiger partial charge on any atom is 0.326 e. The molecule has 0 saturated heterocycles. The van der Waals surface area contributed by atoms with E-state index in [0.717, 1.165) is 5.56 Å². The molecule has 0 radical (unpaired) electrons. The summed E-state index contributed by atoms with van der Waals surface area (Å²) in [6.45, 7) is 0. The third-order valence-electron chi connectivity index (χ3n) is 2.51. The Morgan fingerprint density at radius 1 is 1.58 bits per heavy atom. The van der Waals surface area contributed by atoms with Gasteiger partial charge >= 0.3 is 5.97 Å². The molecule has 1 aromatic carbocycles. The number of ether oxygens (including phenoxy) is 1. The monoisotopic (exact) mass is 298 g/mol. The van der Waals surface area contributed by atoms with Gasteiger partial charge in [0.05, 0.1) is 17.8 Å². The fraction of sp³-hybridized carbons (Fsp3) is 0.167. The van der Waals surface area contributed by atoms with Crippen molar-refractivity contribution < 1.29 is 14.6 Å². The number of carboxylic acid groups (broad SMARTS) is 1. The first kappa shape index (κ1) is 13.8. The van der Waals surface area contributed by atoms with Crippen LogP contribution in [0.5, 0.6) is 5.75 Å². The SMILES string of the molecule is COc1ccc(-c2nc(C(N)C(=O)O)cs2)cc1Cl. The van der Waals surface area contributed by atoms with Gasteiger partial charge in [-0.2, -0.15) is 0 Å². The second kappa shape index (κ2) is 5.56. The quantitative estimate of drug-likeness (QED) is 0.906.